The number of alkyl halides is 3. The van der Waals surface area contributed by atoms with Crippen molar-refractivity contribution in [2.45, 2.75) is 11.1 Å². The van der Waals surface area contributed by atoms with E-state index < -0.39 is 44.8 Å². The van der Waals surface area contributed by atoms with E-state index in [1.807, 2.05) is 5.32 Å². The van der Waals surface area contributed by atoms with E-state index in [0.717, 1.165) is 19.2 Å². The van der Waals surface area contributed by atoms with Gasteiger partial charge in [0.25, 0.3) is 0 Å². The molecular formula is C31H31F5N8O3S. The SMILES string of the molecule is C=S(N)(=O)c1cccc(Nc2ncc(-c3ccc(NC(=O)Nc4cc(C(F)(F)F)ccc4F)c(F)c3)c(NCCN3CCOCC3)n2)c1. The third kappa shape index (κ3) is 8.94. The van der Waals surface area contributed by atoms with E-state index in [-0.39, 0.29) is 11.6 Å². The first kappa shape index (κ1) is 34.5. The molecule has 11 nitrogen and oxygen atoms in total. The van der Waals surface area contributed by atoms with E-state index in [0.29, 0.717) is 72.0 Å². The van der Waals surface area contributed by atoms with Crippen LogP contribution >= 0.6 is 0 Å². The first-order chi connectivity index (χ1) is 22.8. The number of halogens is 5. The minimum Gasteiger partial charge on any atom is -0.379 e. The lowest BCUT2D eigenvalue weighted by atomic mass is 10.1. The second-order valence-corrected chi connectivity index (χ2v) is 12.6. The van der Waals surface area contributed by atoms with Gasteiger partial charge in [0, 0.05) is 48.5 Å². The zero-order valence-electron chi connectivity index (χ0n) is 25.2. The second kappa shape index (κ2) is 14.5. The lowest BCUT2D eigenvalue weighted by Crippen LogP contribution is -2.39. The molecule has 1 aliphatic rings. The summed E-state index contributed by atoms with van der Waals surface area (Å²) in [5.74, 6) is 2.04. The van der Waals surface area contributed by atoms with E-state index in [2.05, 4.69) is 36.7 Å². The molecule has 1 fully saturated rings. The van der Waals surface area contributed by atoms with Crippen LogP contribution in [0.1, 0.15) is 5.56 Å². The Morgan fingerprint density at radius 3 is 2.46 bits per heavy atom. The second-order valence-electron chi connectivity index (χ2n) is 10.7. The van der Waals surface area contributed by atoms with Crippen LogP contribution in [0, 0.1) is 11.6 Å². The van der Waals surface area contributed by atoms with Crippen LogP contribution in [-0.2, 0) is 20.6 Å². The van der Waals surface area contributed by atoms with Gasteiger partial charge in [-0.3, -0.25) is 10.0 Å². The molecule has 5 rings (SSSR count). The number of nitrogens with zero attached hydrogens (tertiary/aromatic N) is 3. The van der Waals surface area contributed by atoms with E-state index in [4.69, 9.17) is 9.88 Å². The lowest BCUT2D eigenvalue weighted by molar-refractivity contribution is -0.137. The Hall–Kier alpha value is -4.84. The molecule has 1 aliphatic heterocycles. The number of hydrogen-bond donors (Lipinski definition) is 5. The number of carbonyl (C=O) groups excluding carboxylic acids is 1. The molecule has 1 aromatic heterocycles. The van der Waals surface area contributed by atoms with Crippen molar-refractivity contribution in [3.8, 4) is 11.1 Å². The number of rotatable bonds is 10. The van der Waals surface area contributed by atoms with Crippen molar-refractivity contribution in [1.29, 1.82) is 0 Å². The Morgan fingerprint density at radius 2 is 1.75 bits per heavy atom. The Kier molecular flexibility index (Phi) is 10.4. The Bertz CT molecular complexity index is 1900. The van der Waals surface area contributed by atoms with Crippen LogP contribution in [0.3, 0.4) is 0 Å². The van der Waals surface area contributed by atoms with Crippen LogP contribution in [-0.4, -0.2) is 70.4 Å². The summed E-state index contributed by atoms with van der Waals surface area (Å²) in [5.41, 5.74) is -0.949. The van der Waals surface area contributed by atoms with Crippen molar-refractivity contribution < 1.29 is 35.7 Å². The average molecular weight is 691 g/mol. The fourth-order valence-corrected chi connectivity index (χ4v) is 5.36. The molecule has 2 heterocycles. The number of benzene rings is 3. The molecule has 17 heteroatoms. The van der Waals surface area contributed by atoms with Crippen molar-refractivity contribution in [1.82, 2.24) is 14.9 Å². The largest absolute Gasteiger partial charge is 0.416 e. The number of urea groups is 1. The van der Waals surface area contributed by atoms with Crippen molar-refractivity contribution in [3.63, 3.8) is 0 Å². The fourth-order valence-electron chi connectivity index (χ4n) is 4.72. The molecule has 1 atom stereocenters. The topological polar surface area (TPSA) is 147 Å². The Morgan fingerprint density at radius 1 is 1.00 bits per heavy atom. The van der Waals surface area contributed by atoms with Crippen molar-refractivity contribution in [3.05, 3.63) is 84.1 Å². The quantitative estimate of drug-likeness (QED) is 0.108. The highest BCUT2D eigenvalue weighted by molar-refractivity contribution is 7.98. The molecule has 0 radical (unpaired) electrons. The third-order valence-corrected chi connectivity index (χ3v) is 8.22. The molecule has 6 N–H and O–H groups in total. The monoisotopic (exact) mass is 690 g/mol. The van der Waals surface area contributed by atoms with E-state index in [1.165, 1.54) is 18.3 Å². The fraction of sp³-hybridized carbons (Fsp3) is 0.226. The van der Waals surface area contributed by atoms with Crippen molar-refractivity contribution in [2.75, 3.05) is 60.7 Å². The van der Waals surface area contributed by atoms with Crippen LogP contribution in [0.5, 0.6) is 0 Å². The molecule has 1 saturated heterocycles. The van der Waals surface area contributed by atoms with Crippen LogP contribution in [0.25, 0.3) is 11.1 Å². The Labute approximate surface area is 272 Å². The smallest absolute Gasteiger partial charge is 0.379 e. The predicted octanol–water partition coefficient (Wildman–Crippen LogP) is 5.52. The number of nitrogens with two attached hydrogens (primary N) is 1. The number of carbonyl (C=O) groups is 1. The van der Waals surface area contributed by atoms with Crippen molar-refractivity contribution in [2.24, 2.45) is 5.14 Å². The van der Waals surface area contributed by atoms with Gasteiger partial charge in [-0.15, -0.1) is 0 Å². The van der Waals surface area contributed by atoms with Gasteiger partial charge in [0.05, 0.1) is 39.9 Å². The number of ether oxygens (including phenoxy) is 1. The molecule has 3 aromatic carbocycles. The maximum atomic E-state index is 15.3. The molecule has 48 heavy (non-hydrogen) atoms. The summed E-state index contributed by atoms with van der Waals surface area (Å²) < 4.78 is 86.1. The van der Waals surface area contributed by atoms with Gasteiger partial charge in [0.1, 0.15) is 17.5 Å². The summed E-state index contributed by atoms with van der Waals surface area (Å²) in [5, 5.41) is 16.1. The van der Waals surface area contributed by atoms with Gasteiger partial charge >= 0.3 is 12.2 Å². The predicted molar refractivity (Wildman–Crippen MR) is 175 cm³/mol. The number of aromatic nitrogens is 2. The number of amides is 2. The average Bonchev–Trinajstić information content (AvgIpc) is 3.03. The van der Waals surface area contributed by atoms with Crippen LogP contribution < -0.4 is 26.4 Å². The van der Waals surface area contributed by atoms with Crippen LogP contribution in [0.2, 0.25) is 0 Å². The zero-order valence-corrected chi connectivity index (χ0v) is 26.1. The summed E-state index contributed by atoms with van der Waals surface area (Å²) in [6.07, 6.45) is -3.29. The first-order valence-electron chi connectivity index (χ1n) is 14.4. The van der Waals surface area contributed by atoms with Gasteiger partial charge in [-0.25, -0.2) is 22.8 Å². The zero-order chi connectivity index (χ0) is 34.5. The van der Waals surface area contributed by atoms with Gasteiger partial charge in [-0.1, -0.05) is 12.1 Å². The lowest BCUT2D eigenvalue weighted by Gasteiger charge is -2.26. The van der Waals surface area contributed by atoms with Crippen molar-refractivity contribution >= 4 is 50.4 Å². The number of anilines is 5. The highest BCUT2D eigenvalue weighted by Gasteiger charge is 2.31. The third-order valence-electron chi connectivity index (χ3n) is 7.17. The number of hydrogen-bond acceptors (Lipinski definition) is 8. The maximum Gasteiger partial charge on any atom is 0.416 e. The minimum absolute atomic E-state index is 0.176. The standard InChI is InChI=1S/C31H31F5N8O3S/c1-48(37,46)22-4-2-3-21(17-22)40-29-39-18-23(28(43-29)38-9-10-44-11-13-47-14-12-44)19-5-8-26(25(33)15-19)41-30(45)42-27-16-20(31(34,35)36)6-7-24(27)32/h2-8,15-18H,1,9-14H2,(H2,37,46)(H2,41,42,45)(H2,38,39,40,43). The molecule has 0 bridgehead atoms. The molecule has 2 amide bonds. The highest BCUT2D eigenvalue weighted by Crippen LogP contribution is 2.33. The maximum absolute atomic E-state index is 15.3. The van der Waals surface area contributed by atoms with Crippen LogP contribution in [0.15, 0.2) is 71.8 Å². The summed E-state index contributed by atoms with van der Waals surface area (Å²) in [7, 11) is -2.96. The molecule has 0 spiro atoms. The molecule has 4 aromatic rings. The van der Waals surface area contributed by atoms with Crippen LogP contribution in [0.4, 0.5) is 55.6 Å². The molecule has 1 unspecified atom stereocenters. The molecule has 0 aliphatic carbocycles. The highest BCUT2D eigenvalue weighted by atomic mass is 32.2. The first-order valence-corrected chi connectivity index (χ1v) is 16.2. The molecular weight excluding hydrogens is 659 g/mol. The van der Waals surface area contributed by atoms with Gasteiger partial charge in [-0.2, -0.15) is 18.2 Å². The Balaban J connectivity index is 1.36. The normalized spacial score (nSPS) is 15.0. The van der Waals surface area contributed by atoms with Gasteiger partial charge < -0.3 is 26.0 Å². The van der Waals surface area contributed by atoms with Gasteiger partial charge in [0.2, 0.25) is 5.95 Å². The molecule has 254 valence electrons. The van der Waals surface area contributed by atoms with E-state index in [9.17, 15) is 26.6 Å². The summed E-state index contributed by atoms with van der Waals surface area (Å²) in [6, 6.07) is 10.7. The number of morpholine rings is 1. The minimum atomic E-state index is -4.76. The van der Waals surface area contributed by atoms with Gasteiger partial charge in [0.15, 0.2) is 0 Å². The molecule has 0 saturated carbocycles. The summed E-state index contributed by atoms with van der Waals surface area (Å²) in [4.78, 5) is 23.9. The van der Waals surface area contributed by atoms with E-state index >= 15 is 4.39 Å². The summed E-state index contributed by atoms with van der Waals surface area (Å²) in [6.45, 7) is 3.94. The number of nitrogens with one attached hydrogen (secondary N) is 4. The summed E-state index contributed by atoms with van der Waals surface area (Å²) >= 11 is 0. The van der Waals surface area contributed by atoms with Gasteiger partial charge in [-0.05, 0) is 60.0 Å². The van der Waals surface area contributed by atoms with E-state index in [1.54, 1.807) is 24.3 Å².